The number of hydrogen-bond acceptors (Lipinski definition) is 5. The third-order valence-electron chi connectivity index (χ3n) is 4.18. The van der Waals surface area contributed by atoms with Gasteiger partial charge in [-0.3, -0.25) is 0 Å². The molecule has 2 rings (SSSR count). The topological polar surface area (TPSA) is 73.5 Å². The summed E-state index contributed by atoms with van der Waals surface area (Å²) in [4.78, 5) is 12.2. The van der Waals surface area contributed by atoms with E-state index in [1.165, 1.54) is 18.2 Å². The number of benzene rings is 1. The summed E-state index contributed by atoms with van der Waals surface area (Å²) in [5.74, 6) is -1.16. The Kier molecular flexibility index (Phi) is 7.78. The molecule has 28 heavy (non-hydrogen) atoms. The number of carbonyl (C=O) groups excluding carboxylic acids is 1. The summed E-state index contributed by atoms with van der Waals surface area (Å²) in [5, 5.41) is 9.31. The molecule has 0 saturated carbocycles. The van der Waals surface area contributed by atoms with Crippen LogP contribution in [0, 0.1) is 31.0 Å². The largest absolute Gasteiger partial charge is 0.487 e. The minimum absolute atomic E-state index is 0.0170. The Morgan fingerprint density at radius 2 is 2.00 bits per heavy atom. The van der Waals surface area contributed by atoms with Crippen LogP contribution in [0.5, 0.6) is 5.75 Å². The van der Waals surface area contributed by atoms with Gasteiger partial charge < -0.3 is 18.8 Å². The minimum atomic E-state index is -0.749. The molecular formula is C21H23FN2O4. The predicted octanol–water partition coefficient (Wildman–Crippen LogP) is 3.42. The van der Waals surface area contributed by atoms with E-state index in [2.05, 4.69) is 4.57 Å². The normalized spacial score (nSPS) is 11.2. The first-order chi connectivity index (χ1) is 13.5. The second-order valence-corrected chi connectivity index (χ2v) is 6.06. The van der Waals surface area contributed by atoms with Gasteiger partial charge in [0, 0.05) is 25.0 Å². The van der Waals surface area contributed by atoms with Gasteiger partial charge in [-0.25, -0.2) is 9.18 Å². The zero-order chi connectivity index (χ0) is 20.5. The van der Waals surface area contributed by atoms with E-state index in [1.807, 2.05) is 26.0 Å². The average molecular weight is 386 g/mol. The van der Waals surface area contributed by atoms with Gasteiger partial charge in [0.15, 0.2) is 11.6 Å². The molecule has 0 radical (unpaired) electrons. The smallest absolute Gasteiger partial charge is 0.349 e. The van der Waals surface area contributed by atoms with Crippen molar-refractivity contribution in [1.82, 2.24) is 4.57 Å². The summed E-state index contributed by atoms with van der Waals surface area (Å²) in [6.07, 6.45) is 1.51. The Bertz CT molecular complexity index is 896. The molecule has 0 spiro atoms. The first kappa shape index (κ1) is 21.2. The number of hydrogen-bond donors (Lipinski definition) is 0. The zero-order valence-electron chi connectivity index (χ0n) is 16.2. The third-order valence-corrected chi connectivity index (χ3v) is 4.18. The van der Waals surface area contributed by atoms with Gasteiger partial charge in [-0.15, -0.1) is 0 Å². The number of nitrogens with zero attached hydrogens (tertiary/aromatic N) is 2. The Morgan fingerprint density at radius 3 is 2.68 bits per heavy atom. The lowest BCUT2D eigenvalue weighted by Gasteiger charge is -2.08. The molecule has 0 unspecified atom stereocenters. The maximum absolute atomic E-state index is 13.5. The fraction of sp³-hybridized carbons (Fsp3) is 0.333. The highest BCUT2D eigenvalue weighted by Gasteiger charge is 2.14. The highest BCUT2D eigenvalue weighted by atomic mass is 19.1. The number of esters is 1. The Hall–Kier alpha value is -3.11. The number of halogens is 1. The number of para-hydroxylation sites is 1. The van der Waals surface area contributed by atoms with Crippen molar-refractivity contribution < 1.29 is 23.4 Å². The summed E-state index contributed by atoms with van der Waals surface area (Å²) >= 11 is 0. The molecule has 0 fully saturated rings. The van der Waals surface area contributed by atoms with Crippen molar-refractivity contribution in [3.63, 3.8) is 0 Å². The highest BCUT2D eigenvalue weighted by Crippen LogP contribution is 2.19. The molecule has 1 heterocycles. The summed E-state index contributed by atoms with van der Waals surface area (Å²) in [7, 11) is 1.63. The van der Waals surface area contributed by atoms with E-state index in [4.69, 9.17) is 14.2 Å². The molecule has 148 valence electrons. The van der Waals surface area contributed by atoms with E-state index in [9.17, 15) is 14.4 Å². The molecule has 0 atom stereocenters. The lowest BCUT2D eigenvalue weighted by Crippen LogP contribution is -2.13. The molecule has 6 nitrogen and oxygen atoms in total. The molecule has 0 aliphatic rings. The minimum Gasteiger partial charge on any atom is -0.487 e. The molecule has 0 N–H and O–H groups in total. The number of nitriles is 1. The van der Waals surface area contributed by atoms with Crippen LogP contribution >= 0.6 is 0 Å². The lowest BCUT2D eigenvalue weighted by molar-refractivity contribution is -0.139. The predicted molar refractivity (Wildman–Crippen MR) is 102 cm³/mol. The second-order valence-electron chi connectivity index (χ2n) is 6.06. The molecule has 7 heteroatoms. The van der Waals surface area contributed by atoms with Crippen molar-refractivity contribution in [1.29, 1.82) is 5.26 Å². The third kappa shape index (κ3) is 5.44. The van der Waals surface area contributed by atoms with E-state index in [0.29, 0.717) is 13.2 Å². The van der Waals surface area contributed by atoms with Crippen LogP contribution in [0.15, 0.2) is 35.9 Å². The first-order valence-electron chi connectivity index (χ1n) is 8.79. The quantitative estimate of drug-likeness (QED) is 0.286. The van der Waals surface area contributed by atoms with Crippen LogP contribution < -0.4 is 4.74 Å². The van der Waals surface area contributed by atoms with Crippen LogP contribution in [-0.2, 0) is 20.8 Å². The second kappa shape index (κ2) is 10.3. The first-order valence-corrected chi connectivity index (χ1v) is 8.79. The van der Waals surface area contributed by atoms with Crippen molar-refractivity contribution in [3.05, 3.63) is 58.7 Å². The van der Waals surface area contributed by atoms with Crippen molar-refractivity contribution in [2.75, 3.05) is 26.9 Å². The molecule has 0 amide bonds. The molecule has 0 bridgehead atoms. The van der Waals surface area contributed by atoms with Crippen LogP contribution in [0.4, 0.5) is 4.39 Å². The summed E-state index contributed by atoms with van der Waals surface area (Å²) in [5.41, 5.74) is 2.59. The Balaban J connectivity index is 1.98. The molecule has 2 aromatic rings. The fourth-order valence-electron chi connectivity index (χ4n) is 2.72. The van der Waals surface area contributed by atoms with Crippen LogP contribution in [0.1, 0.15) is 17.0 Å². The van der Waals surface area contributed by atoms with Gasteiger partial charge in [0.25, 0.3) is 0 Å². The monoisotopic (exact) mass is 386 g/mol. The van der Waals surface area contributed by atoms with Crippen LogP contribution in [0.3, 0.4) is 0 Å². The van der Waals surface area contributed by atoms with E-state index >= 15 is 0 Å². The summed E-state index contributed by atoms with van der Waals surface area (Å²) < 4.78 is 30.9. The maximum Gasteiger partial charge on any atom is 0.349 e. The van der Waals surface area contributed by atoms with Crippen molar-refractivity contribution in [2.45, 2.75) is 20.4 Å². The molecule has 1 aromatic heterocycles. The summed E-state index contributed by atoms with van der Waals surface area (Å²) in [6.45, 7) is 4.99. The number of carbonyl (C=O) groups is 1. The van der Waals surface area contributed by atoms with Gasteiger partial charge in [-0.1, -0.05) is 12.1 Å². The van der Waals surface area contributed by atoms with Crippen molar-refractivity contribution >= 4 is 12.0 Å². The molecule has 0 aliphatic carbocycles. The molecular weight excluding hydrogens is 363 g/mol. The molecule has 1 aromatic carbocycles. The fourth-order valence-corrected chi connectivity index (χ4v) is 2.72. The van der Waals surface area contributed by atoms with Crippen LogP contribution in [0.2, 0.25) is 0 Å². The van der Waals surface area contributed by atoms with Gasteiger partial charge in [0.2, 0.25) is 0 Å². The van der Waals surface area contributed by atoms with Crippen LogP contribution in [0.25, 0.3) is 6.08 Å². The lowest BCUT2D eigenvalue weighted by atomic mass is 10.1. The standard InChI is InChI=1S/C21H23FN2O4/c1-15-12-17(16(2)24(15)8-9-26-3)13-18(14-23)21(25)28-11-10-27-20-7-5-4-6-19(20)22/h4-7,12-13H,8-11H2,1-3H3/b18-13+. The number of rotatable bonds is 9. The van der Waals surface area contributed by atoms with Gasteiger partial charge in [0.05, 0.1) is 6.61 Å². The highest BCUT2D eigenvalue weighted by molar-refractivity contribution is 5.98. The van der Waals surface area contributed by atoms with E-state index in [1.54, 1.807) is 19.2 Å². The van der Waals surface area contributed by atoms with Gasteiger partial charge >= 0.3 is 5.97 Å². The van der Waals surface area contributed by atoms with Crippen molar-refractivity contribution in [2.24, 2.45) is 0 Å². The molecule has 0 aliphatic heterocycles. The van der Waals surface area contributed by atoms with Crippen LogP contribution in [-0.4, -0.2) is 37.5 Å². The Morgan fingerprint density at radius 1 is 1.25 bits per heavy atom. The van der Waals surface area contributed by atoms with Gasteiger partial charge in [-0.2, -0.15) is 5.26 Å². The number of aromatic nitrogens is 1. The number of methoxy groups -OCH3 is 1. The average Bonchev–Trinajstić information content (AvgIpc) is 2.95. The van der Waals surface area contributed by atoms with Crippen molar-refractivity contribution in [3.8, 4) is 11.8 Å². The molecule has 0 saturated heterocycles. The van der Waals surface area contributed by atoms with E-state index in [-0.39, 0.29) is 24.5 Å². The zero-order valence-corrected chi connectivity index (χ0v) is 16.2. The maximum atomic E-state index is 13.5. The summed E-state index contributed by atoms with van der Waals surface area (Å²) in [6, 6.07) is 9.73. The van der Waals surface area contributed by atoms with Gasteiger partial charge in [-0.05, 0) is 43.7 Å². The van der Waals surface area contributed by atoms with E-state index in [0.717, 1.165) is 17.0 Å². The van der Waals surface area contributed by atoms with Gasteiger partial charge in [0.1, 0.15) is 24.9 Å². The SMILES string of the molecule is COCCn1c(C)cc(/C=C(\C#N)C(=O)OCCOc2ccccc2F)c1C. The number of aryl methyl sites for hydroxylation is 1. The number of ether oxygens (including phenoxy) is 3. The van der Waals surface area contributed by atoms with E-state index < -0.39 is 11.8 Å². The Labute approximate surface area is 163 Å².